The quantitative estimate of drug-likeness (QED) is 0.662. The molecule has 0 spiro atoms. The number of sulfonamides is 1. The molecule has 2 aromatic carbocycles. The zero-order valence-electron chi connectivity index (χ0n) is 15.9. The van der Waals surface area contributed by atoms with Gasteiger partial charge in [0.25, 0.3) is 10.0 Å². The van der Waals surface area contributed by atoms with Crippen LogP contribution in [-0.4, -0.2) is 13.4 Å². The van der Waals surface area contributed by atoms with Gasteiger partial charge in [-0.05, 0) is 74.2 Å². The largest absolute Gasteiger partial charge is 0.340 e. The van der Waals surface area contributed by atoms with Crippen molar-refractivity contribution in [1.82, 2.24) is 4.98 Å². The SMILES string of the molecule is Cc1ccc(S(=O)(=O)Nc2ccc(Nc3c(C)cccc3C)nc2)cc1C. The third kappa shape index (κ3) is 4.28. The number of anilines is 3. The smallest absolute Gasteiger partial charge is 0.261 e. The first-order chi connectivity index (χ1) is 12.8. The Balaban J connectivity index is 1.78. The average Bonchev–Trinajstić information content (AvgIpc) is 2.62. The minimum Gasteiger partial charge on any atom is -0.340 e. The van der Waals surface area contributed by atoms with Crippen LogP contribution in [0.1, 0.15) is 22.3 Å². The highest BCUT2D eigenvalue weighted by molar-refractivity contribution is 7.92. The second-order valence-corrected chi connectivity index (χ2v) is 8.36. The van der Waals surface area contributed by atoms with Crippen molar-refractivity contribution in [2.75, 3.05) is 10.0 Å². The van der Waals surface area contributed by atoms with Crippen LogP contribution in [-0.2, 0) is 10.0 Å². The van der Waals surface area contributed by atoms with E-state index >= 15 is 0 Å². The van der Waals surface area contributed by atoms with Gasteiger partial charge in [0.2, 0.25) is 0 Å². The Morgan fingerprint density at radius 2 is 1.52 bits per heavy atom. The Kier molecular flexibility index (Phi) is 5.19. The van der Waals surface area contributed by atoms with Crippen LogP contribution < -0.4 is 10.0 Å². The van der Waals surface area contributed by atoms with Gasteiger partial charge < -0.3 is 5.32 Å². The fourth-order valence-electron chi connectivity index (χ4n) is 2.76. The number of nitrogens with zero attached hydrogens (tertiary/aromatic N) is 1. The van der Waals surface area contributed by atoms with E-state index in [4.69, 9.17) is 0 Å². The molecule has 0 aliphatic heterocycles. The first kappa shape index (κ1) is 18.9. The second-order valence-electron chi connectivity index (χ2n) is 6.68. The van der Waals surface area contributed by atoms with Crippen molar-refractivity contribution in [3.8, 4) is 0 Å². The molecule has 0 radical (unpaired) electrons. The molecule has 0 unspecified atom stereocenters. The molecule has 6 heteroatoms. The molecule has 0 aliphatic carbocycles. The van der Waals surface area contributed by atoms with Crippen LogP contribution in [0.3, 0.4) is 0 Å². The van der Waals surface area contributed by atoms with E-state index in [9.17, 15) is 8.42 Å². The monoisotopic (exact) mass is 381 g/mol. The molecule has 5 nitrogen and oxygen atoms in total. The number of aryl methyl sites for hydroxylation is 4. The molecule has 3 rings (SSSR count). The maximum absolute atomic E-state index is 12.6. The average molecular weight is 382 g/mol. The number of hydrogen-bond acceptors (Lipinski definition) is 4. The first-order valence-electron chi connectivity index (χ1n) is 8.65. The molecule has 3 aromatic rings. The van der Waals surface area contributed by atoms with E-state index in [2.05, 4.69) is 15.0 Å². The summed E-state index contributed by atoms with van der Waals surface area (Å²) in [6, 6.07) is 14.6. The lowest BCUT2D eigenvalue weighted by molar-refractivity contribution is 0.601. The molecule has 27 heavy (non-hydrogen) atoms. The molecule has 1 heterocycles. The third-order valence-corrected chi connectivity index (χ3v) is 5.92. The van der Waals surface area contributed by atoms with Crippen molar-refractivity contribution in [2.24, 2.45) is 0 Å². The second kappa shape index (κ2) is 7.40. The highest BCUT2D eigenvalue weighted by Gasteiger charge is 2.15. The van der Waals surface area contributed by atoms with Gasteiger partial charge in [0.15, 0.2) is 0 Å². The number of benzene rings is 2. The van der Waals surface area contributed by atoms with Gasteiger partial charge in [0.05, 0.1) is 16.8 Å². The fourth-order valence-corrected chi connectivity index (χ4v) is 3.89. The lowest BCUT2D eigenvalue weighted by Gasteiger charge is -2.13. The number of rotatable bonds is 5. The van der Waals surface area contributed by atoms with E-state index in [1.54, 1.807) is 30.3 Å². The van der Waals surface area contributed by atoms with Crippen molar-refractivity contribution in [3.63, 3.8) is 0 Å². The molecule has 0 fully saturated rings. The zero-order valence-corrected chi connectivity index (χ0v) is 16.7. The van der Waals surface area contributed by atoms with Gasteiger partial charge in [-0.2, -0.15) is 0 Å². The predicted molar refractivity (Wildman–Crippen MR) is 110 cm³/mol. The summed E-state index contributed by atoms with van der Waals surface area (Å²) in [7, 11) is -3.65. The number of nitrogens with one attached hydrogen (secondary N) is 2. The van der Waals surface area contributed by atoms with Gasteiger partial charge >= 0.3 is 0 Å². The summed E-state index contributed by atoms with van der Waals surface area (Å²) in [5, 5.41) is 3.29. The van der Waals surface area contributed by atoms with E-state index in [0.29, 0.717) is 11.5 Å². The molecule has 0 bridgehead atoms. The molecular formula is C21H23N3O2S. The summed E-state index contributed by atoms with van der Waals surface area (Å²) in [4.78, 5) is 4.57. The lowest BCUT2D eigenvalue weighted by Crippen LogP contribution is -2.13. The topological polar surface area (TPSA) is 71.1 Å². The molecule has 0 amide bonds. The molecular weight excluding hydrogens is 358 g/mol. The normalized spacial score (nSPS) is 11.3. The minimum atomic E-state index is -3.65. The van der Waals surface area contributed by atoms with Crippen LogP contribution in [0.4, 0.5) is 17.2 Å². The van der Waals surface area contributed by atoms with E-state index in [1.165, 1.54) is 6.20 Å². The fraction of sp³-hybridized carbons (Fsp3) is 0.190. The van der Waals surface area contributed by atoms with Gasteiger partial charge in [-0.15, -0.1) is 0 Å². The minimum absolute atomic E-state index is 0.239. The molecule has 2 N–H and O–H groups in total. The van der Waals surface area contributed by atoms with Crippen molar-refractivity contribution in [2.45, 2.75) is 32.6 Å². The Bertz CT molecular complexity index is 1050. The van der Waals surface area contributed by atoms with E-state index in [-0.39, 0.29) is 4.90 Å². The lowest BCUT2D eigenvalue weighted by atomic mass is 10.1. The molecule has 140 valence electrons. The molecule has 0 aliphatic rings. The number of hydrogen-bond donors (Lipinski definition) is 2. The summed E-state index contributed by atoms with van der Waals surface area (Å²) >= 11 is 0. The molecule has 0 saturated carbocycles. The highest BCUT2D eigenvalue weighted by atomic mass is 32.2. The van der Waals surface area contributed by atoms with Gasteiger partial charge in [0.1, 0.15) is 5.82 Å². The summed E-state index contributed by atoms with van der Waals surface area (Å²) in [6.07, 6.45) is 1.51. The van der Waals surface area contributed by atoms with Crippen LogP contribution in [0, 0.1) is 27.7 Å². The molecule has 1 aromatic heterocycles. The maximum Gasteiger partial charge on any atom is 0.261 e. The number of pyridine rings is 1. The van der Waals surface area contributed by atoms with Crippen LogP contribution in [0.25, 0.3) is 0 Å². The van der Waals surface area contributed by atoms with Crippen LogP contribution in [0.5, 0.6) is 0 Å². The summed E-state index contributed by atoms with van der Waals surface area (Å²) in [5.41, 5.74) is 5.66. The standard InChI is InChI=1S/C21H23N3O2S/c1-14-8-10-19(12-17(14)4)27(25,26)24-18-9-11-20(22-13-18)23-21-15(2)6-5-7-16(21)3/h5-13,24H,1-4H3,(H,22,23). The van der Waals surface area contributed by atoms with Crippen LogP contribution in [0.2, 0.25) is 0 Å². The van der Waals surface area contributed by atoms with Gasteiger partial charge in [0, 0.05) is 5.69 Å². The third-order valence-electron chi connectivity index (χ3n) is 4.54. The Morgan fingerprint density at radius 1 is 0.815 bits per heavy atom. The van der Waals surface area contributed by atoms with Crippen LogP contribution >= 0.6 is 0 Å². The summed E-state index contributed by atoms with van der Waals surface area (Å²) < 4.78 is 27.7. The maximum atomic E-state index is 12.6. The highest BCUT2D eigenvalue weighted by Crippen LogP contribution is 2.24. The van der Waals surface area contributed by atoms with E-state index < -0.39 is 10.0 Å². The molecule has 0 atom stereocenters. The van der Waals surface area contributed by atoms with Gasteiger partial charge in [-0.1, -0.05) is 24.3 Å². The number of para-hydroxylation sites is 1. The van der Waals surface area contributed by atoms with Crippen molar-refractivity contribution >= 4 is 27.2 Å². The molecule has 0 saturated heterocycles. The van der Waals surface area contributed by atoms with Crippen LogP contribution in [0.15, 0.2) is 59.6 Å². The van der Waals surface area contributed by atoms with Gasteiger partial charge in [-0.25, -0.2) is 13.4 Å². The summed E-state index contributed by atoms with van der Waals surface area (Å²) in [6.45, 7) is 7.90. The zero-order chi connectivity index (χ0) is 19.6. The Morgan fingerprint density at radius 3 is 2.11 bits per heavy atom. The van der Waals surface area contributed by atoms with Gasteiger partial charge in [-0.3, -0.25) is 4.72 Å². The van der Waals surface area contributed by atoms with Crippen molar-refractivity contribution < 1.29 is 8.42 Å². The predicted octanol–water partition coefficient (Wildman–Crippen LogP) is 4.86. The van der Waals surface area contributed by atoms with E-state index in [1.807, 2.05) is 45.9 Å². The van der Waals surface area contributed by atoms with E-state index in [0.717, 1.165) is 27.9 Å². The van der Waals surface area contributed by atoms with Crippen molar-refractivity contribution in [1.29, 1.82) is 0 Å². The van der Waals surface area contributed by atoms with Crippen molar-refractivity contribution in [3.05, 3.63) is 77.0 Å². The summed E-state index contributed by atoms with van der Waals surface area (Å²) in [5.74, 6) is 0.654. The Labute approximate surface area is 160 Å². The Hall–Kier alpha value is -2.86. The first-order valence-corrected chi connectivity index (χ1v) is 10.1. The number of aromatic nitrogens is 1.